The summed E-state index contributed by atoms with van der Waals surface area (Å²) in [7, 11) is 0. The van der Waals surface area contributed by atoms with Gasteiger partial charge in [0.25, 0.3) is 5.91 Å². The van der Waals surface area contributed by atoms with Gasteiger partial charge in [-0.1, -0.05) is 24.3 Å². The van der Waals surface area contributed by atoms with Crippen LogP contribution in [0.2, 0.25) is 0 Å². The SMILES string of the molecule is Cc1cccc(OCCNC(=O)COC(=O)Cc2coc3cc(C)ccc23)c1. The van der Waals surface area contributed by atoms with Crippen molar-refractivity contribution in [3.8, 4) is 5.75 Å². The zero-order valence-corrected chi connectivity index (χ0v) is 16.0. The number of hydrogen-bond acceptors (Lipinski definition) is 5. The largest absolute Gasteiger partial charge is 0.492 e. The van der Waals surface area contributed by atoms with E-state index in [1.807, 2.05) is 56.3 Å². The summed E-state index contributed by atoms with van der Waals surface area (Å²) in [4.78, 5) is 23.8. The minimum Gasteiger partial charge on any atom is -0.492 e. The van der Waals surface area contributed by atoms with Gasteiger partial charge in [0.1, 0.15) is 17.9 Å². The van der Waals surface area contributed by atoms with Crippen molar-refractivity contribution in [2.24, 2.45) is 0 Å². The number of nitrogens with one attached hydrogen (secondary N) is 1. The summed E-state index contributed by atoms with van der Waals surface area (Å²) >= 11 is 0. The van der Waals surface area contributed by atoms with Gasteiger partial charge in [-0.05, 0) is 43.2 Å². The van der Waals surface area contributed by atoms with Crippen molar-refractivity contribution in [3.05, 3.63) is 65.4 Å². The predicted octanol–water partition coefficient (Wildman–Crippen LogP) is 3.33. The average molecular weight is 381 g/mol. The monoisotopic (exact) mass is 381 g/mol. The van der Waals surface area contributed by atoms with Gasteiger partial charge < -0.3 is 19.2 Å². The summed E-state index contributed by atoms with van der Waals surface area (Å²) in [6.07, 6.45) is 1.61. The molecule has 146 valence electrons. The normalized spacial score (nSPS) is 10.6. The molecule has 0 saturated heterocycles. The zero-order chi connectivity index (χ0) is 19.9. The summed E-state index contributed by atoms with van der Waals surface area (Å²) in [5, 5.41) is 3.53. The Hall–Kier alpha value is -3.28. The number of furan rings is 1. The maximum Gasteiger partial charge on any atom is 0.310 e. The number of carbonyl (C=O) groups excluding carboxylic acids is 2. The van der Waals surface area contributed by atoms with Crippen molar-refractivity contribution in [2.75, 3.05) is 19.8 Å². The third kappa shape index (κ3) is 5.36. The molecule has 3 rings (SSSR count). The molecular formula is C22H23NO5. The average Bonchev–Trinajstić information content (AvgIpc) is 3.05. The van der Waals surface area contributed by atoms with E-state index in [2.05, 4.69) is 5.32 Å². The Bertz CT molecular complexity index is 976. The molecule has 0 fully saturated rings. The van der Waals surface area contributed by atoms with Crippen molar-refractivity contribution in [1.29, 1.82) is 0 Å². The molecule has 0 atom stereocenters. The minimum absolute atomic E-state index is 0.0554. The standard InChI is InChI=1S/C22H23NO5/c1-15-4-3-5-18(10-15)26-9-8-23-21(24)14-28-22(25)12-17-13-27-20-11-16(2)6-7-19(17)20/h3-7,10-11,13H,8-9,12,14H2,1-2H3,(H,23,24). The van der Waals surface area contributed by atoms with Gasteiger partial charge >= 0.3 is 5.97 Å². The number of carbonyl (C=O) groups is 2. The molecule has 1 heterocycles. The van der Waals surface area contributed by atoms with E-state index in [4.69, 9.17) is 13.9 Å². The second-order valence-corrected chi connectivity index (χ2v) is 6.61. The lowest BCUT2D eigenvalue weighted by Gasteiger charge is -2.08. The summed E-state index contributed by atoms with van der Waals surface area (Å²) in [5.41, 5.74) is 3.66. The van der Waals surface area contributed by atoms with E-state index in [0.29, 0.717) is 13.2 Å². The van der Waals surface area contributed by atoms with E-state index in [-0.39, 0.29) is 18.9 Å². The lowest BCUT2D eigenvalue weighted by Crippen LogP contribution is -2.32. The number of benzene rings is 2. The Morgan fingerprint density at radius 2 is 1.89 bits per heavy atom. The fraction of sp³-hybridized carbons (Fsp3) is 0.273. The van der Waals surface area contributed by atoms with Crippen molar-refractivity contribution >= 4 is 22.8 Å². The molecule has 0 aliphatic heterocycles. The first-order valence-electron chi connectivity index (χ1n) is 9.10. The molecule has 1 amide bonds. The molecule has 1 aromatic heterocycles. The summed E-state index contributed by atoms with van der Waals surface area (Å²) in [6, 6.07) is 13.5. The number of amides is 1. The van der Waals surface area contributed by atoms with Gasteiger partial charge in [-0.3, -0.25) is 9.59 Å². The molecule has 0 spiro atoms. The first-order valence-corrected chi connectivity index (χ1v) is 9.10. The number of hydrogen-bond donors (Lipinski definition) is 1. The number of esters is 1. The van der Waals surface area contributed by atoms with Crippen LogP contribution in [0.15, 0.2) is 53.1 Å². The Morgan fingerprint density at radius 3 is 2.71 bits per heavy atom. The highest BCUT2D eigenvalue weighted by atomic mass is 16.5. The van der Waals surface area contributed by atoms with Crippen molar-refractivity contribution in [2.45, 2.75) is 20.3 Å². The summed E-state index contributed by atoms with van der Waals surface area (Å²) in [5.74, 6) is -0.0912. The van der Waals surface area contributed by atoms with Crippen LogP contribution in [-0.2, 0) is 20.7 Å². The second-order valence-electron chi connectivity index (χ2n) is 6.61. The molecule has 0 unspecified atom stereocenters. The lowest BCUT2D eigenvalue weighted by atomic mass is 10.1. The smallest absolute Gasteiger partial charge is 0.310 e. The van der Waals surface area contributed by atoms with E-state index in [9.17, 15) is 9.59 Å². The second kappa shape index (κ2) is 9.08. The van der Waals surface area contributed by atoms with E-state index < -0.39 is 5.97 Å². The van der Waals surface area contributed by atoms with Crippen LogP contribution in [-0.4, -0.2) is 31.6 Å². The fourth-order valence-corrected chi connectivity index (χ4v) is 2.80. The van der Waals surface area contributed by atoms with Crippen molar-refractivity contribution in [3.63, 3.8) is 0 Å². The third-order valence-electron chi connectivity index (χ3n) is 4.19. The van der Waals surface area contributed by atoms with E-state index in [1.54, 1.807) is 6.26 Å². The van der Waals surface area contributed by atoms with E-state index >= 15 is 0 Å². The molecular weight excluding hydrogens is 358 g/mol. The number of fused-ring (bicyclic) bond motifs is 1. The van der Waals surface area contributed by atoms with Crippen LogP contribution >= 0.6 is 0 Å². The van der Waals surface area contributed by atoms with Gasteiger partial charge in [-0.15, -0.1) is 0 Å². The Balaban J connectivity index is 1.37. The Morgan fingerprint density at radius 1 is 1.07 bits per heavy atom. The first kappa shape index (κ1) is 19.5. The summed E-state index contributed by atoms with van der Waals surface area (Å²) < 4.78 is 16.1. The van der Waals surface area contributed by atoms with Gasteiger partial charge in [-0.25, -0.2) is 0 Å². The maximum atomic E-state index is 12.0. The van der Waals surface area contributed by atoms with Crippen LogP contribution in [0.4, 0.5) is 0 Å². The molecule has 2 aromatic carbocycles. The van der Waals surface area contributed by atoms with Gasteiger partial charge in [0.05, 0.1) is 19.2 Å². The quantitative estimate of drug-likeness (QED) is 0.478. The van der Waals surface area contributed by atoms with Crippen LogP contribution in [0.5, 0.6) is 5.75 Å². The van der Waals surface area contributed by atoms with Crippen LogP contribution in [0.1, 0.15) is 16.7 Å². The molecule has 0 aliphatic carbocycles. The highest BCUT2D eigenvalue weighted by Crippen LogP contribution is 2.22. The van der Waals surface area contributed by atoms with Crippen LogP contribution < -0.4 is 10.1 Å². The molecule has 3 aromatic rings. The molecule has 1 N–H and O–H groups in total. The fourth-order valence-electron chi connectivity index (χ4n) is 2.80. The number of ether oxygens (including phenoxy) is 2. The Kier molecular flexibility index (Phi) is 6.32. The molecule has 0 saturated carbocycles. The number of rotatable bonds is 8. The highest BCUT2D eigenvalue weighted by molar-refractivity contribution is 5.87. The van der Waals surface area contributed by atoms with Gasteiger partial charge in [0.15, 0.2) is 6.61 Å². The highest BCUT2D eigenvalue weighted by Gasteiger charge is 2.13. The van der Waals surface area contributed by atoms with Gasteiger partial charge in [-0.2, -0.15) is 0 Å². The van der Waals surface area contributed by atoms with Crippen LogP contribution in [0.3, 0.4) is 0 Å². The molecule has 6 nitrogen and oxygen atoms in total. The van der Waals surface area contributed by atoms with Gasteiger partial charge in [0.2, 0.25) is 0 Å². The van der Waals surface area contributed by atoms with Crippen LogP contribution in [0.25, 0.3) is 11.0 Å². The Labute approximate surface area is 163 Å². The third-order valence-corrected chi connectivity index (χ3v) is 4.19. The van der Waals surface area contributed by atoms with E-state index in [1.165, 1.54) is 0 Å². The van der Waals surface area contributed by atoms with Crippen molar-refractivity contribution < 1.29 is 23.5 Å². The topological polar surface area (TPSA) is 77.8 Å². The first-order chi connectivity index (χ1) is 13.5. The van der Waals surface area contributed by atoms with E-state index in [0.717, 1.165) is 33.4 Å². The lowest BCUT2D eigenvalue weighted by molar-refractivity contribution is -0.147. The maximum absolute atomic E-state index is 12.0. The van der Waals surface area contributed by atoms with Gasteiger partial charge in [0, 0.05) is 10.9 Å². The molecule has 0 aliphatic rings. The van der Waals surface area contributed by atoms with Crippen molar-refractivity contribution in [1.82, 2.24) is 5.32 Å². The molecule has 0 bridgehead atoms. The van der Waals surface area contributed by atoms with Crippen LogP contribution in [0, 0.1) is 13.8 Å². The zero-order valence-electron chi connectivity index (χ0n) is 16.0. The molecule has 6 heteroatoms. The summed E-state index contributed by atoms with van der Waals surface area (Å²) in [6.45, 7) is 4.30. The predicted molar refractivity (Wildman–Crippen MR) is 105 cm³/mol. The number of aryl methyl sites for hydroxylation is 2. The molecule has 0 radical (unpaired) electrons. The minimum atomic E-state index is -0.477. The molecule has 28 heavy (non-hydrogen) atoms.